The van der Waals surface area contributed by atoms with E-state index in [2.05, 4.69) is 20.4 Å². The number of carbonyl (C=O) groups excluding carboxylic acids is 1. The van der Waals surface area contributed by atoms with Gasteiger partial charge in [0, 0.05) is 32.8 Å². The van der Waals surface area contributed by atoms with Gasteiger partial charge in [0.2, 0.25) is 5.91 Å². The van der Waals surface area contributed by atoms with E-state index in [0.29, 0.717) is 29.9 Å². The highest BCUT2D eigenvalue weighted by molar-refractivity contribution is 5.76. The number of hydrogen-bond acceptors (Lipinski definition) is 6. The Hall–Kier alpha value is -4.01. The summed E-state index contributed by atoms with van der Waals surface area (Å²) in [6, 6.07) is 13.2. The number of nitrogens with zero attached hydrogens (tertiary/aromatic N) is 5. The molecule has 9 nitrogen and oxygen atoms in total. The second-order valence-corrected chi connectivity index (χ2v) is 7.03. The molecule has 4 aromatic rings. The lowest BCUT2D eigenvalue weighted by atomic mass is 10.2. The Kier molecular flexibility index (Phi) is 6.02. The highest BCUT2D eigenvalue weighted by Gasteiger charge is 2.09. The first kappa shape index (κ1) is 20.3. The average molecular weight is 418 g/mol. The summed E-state index contributed by atoms with van der Waals surface area (Å²) in [5.74, 6) is 0.554. The van der Waals surface area contributed by atoms with Crippen molar-refractivity contribution in [3.05, 3.63) is 82.8 Å². The summed E-state index contributed by atoms with van der Waals surface area (Å²) in [5.41, 5.74) is 2.08. The van der Waals surface area contributed by atoms with Crippen LogP contribution in [0.2, 0.25) is 0 Å². The van der Waals surface area contributed by atoms with Crippen molar-refractivity contribution in [3.8, 4) is 5.75 Å². The van der Waals surface area contributed by atoms with E-state index in [9.17, 15) is 9.59 Å². The molecule has 0 spiro atoms. The minimum atomic E-state index is -0.205. The molecule has 0 atom stereocenters. The van der Waals surface area contributed by atoms with Gasteiger partial charge in [0.25, 0.3) is 5.56 Å². The zero-order valence-electron chi connectivity index (χ0n) is 17.1. The molecule has 158 valence electrons. The number of aromatic nitrogens is 5. The van der Waals surface area contributed by atoms with Gasteiger partial charge >= 0.3 is 0 Å². The van der Waals surface area contributed by atoms with Gasteiger partial charge < -0.3 is 10.1 Å². The molecule has 3 heterocycles. The fraction of sp³-hybridized carbons (Fsp3) is 0.227. The molecule has 0 saturated heterocycles. The van der Waals surface area contributed by atoms with Crippen molar-refractivity contribution >= 4 is 16.9 Å². The molecule has 1 N–H and O–H groups in total. The van der Waals surface area contributed by atoms with Crippen LogP contribution in [0.25, 0.3) is 11.0 Å². The highest BCUT2D eigenvalue weighted by atomic mass is 16.5. The van der Waals surface area contributed by atoms with Crippen molar-refractivity contribution in [2.75, 3.05) is 0 Å². The number of ether oxygens (including phenoxy) is 1. The third kappa shape index (κ3) is 4.95. The van der Waals surface area contributed by atoms with Crippen molar-refractivity contribution in [2.45, 2.75) is 26.1 Å². The Balaban J connectivity index is 1.29. The van der Waals surface area contributed by atoms with Crippen LogP contribution in [0.3, 0.4) is 0 Å². The molecule has 31 heavy (non-hydrogen) atoms. The predicted molar refractivity (Wildman–Crippen MR) is 114 cm³/mol. The SMILES string of the molecule is Cn1ncc2c(=O)n(CCC(=O)NCc3cccc(OCc4ccccn4)c3)cnc21. The van der Waals surface area contributed by atoms with Gasteiger partial charge in [-0.3, -0.25) is 23.8 Å². The smallest absolute Gasteiger partial charge is 0.264 e. The van der Waals surface area contributed by atoms with Gasteiger partial charge in [-0.2, -0.15) is 5.10 Å². The summed E-state index contributed by atoms with van der Waals surface area (Å²) in [6.07, 6.45) is 4.83. The molecular weight excluding hydrogens is 396 g/mol. The predicted octanol–water partition coefficient (Wildman–Crippen LogP) is 1.81. The van der Waals surface area contributed by atoms with E-state index in [1.807, 2.05) is 42.5 Å². The number of aryl methyl sites for hydroxylation is 2. The third-order valence-corrected chi connectivity index (χ3v) is 4.80. The van der Waals surface area contributed by atoms with Gasteiger partial charge in [0.1, 0.15) is 17.7 Å². The Morgan fingerprint density at radius 3 is 2.90 bits per heavy atom. The highest BCUT2D eigenvalue weighted by Crippen LogP contribution is 2.14. The number of carbonyl (C=O) groups is 1. The lowest BCUT2D eigenvalue weighted by Crippen LogP contribution is -2.27. The van der Waals surface area contributed by atoms with E-state index in [4.69, 9.17) is 4.74 Å². The van der Waals surface area contributed by atoms with E-state index in [-0.39, 0.29) is 24.4 Å². The number of hydrogen-bond donors (Lipinski definition) is 1. The minimum absolute atomic E-state index is 0.155. The van der Waals surface area contributed by atoms with Gasteiger partial charge in [-0.15, -0.1) is 0 Å². The molecule has 0 unspecified atom stereocenters. The summed E-state index contributed by atoms with van der Waals surface area (Å²) in [5, 5.41) is 7.35. The van der Waals surface area contributed by atoms with Crippen molar-refractivity contribution in [2.24, 2.45) is 7.05 Å². The maximum atomic E-state index is 12.5. The van der Waals surface area contributed by atoms with E-state index < -0.39 is 0 Å². The average Bonchev–Trinajstić information content (AvgIpc) is 3.18. The number of rotatable bonds is 8. The van der Waals surface area contributed by atoms with E-state index >= 15 is 0 Å². The number of benzene rings is 1. The zero-order chi connectivity index (χ0) is 21.6. The molecule has 0 radical (unpaired) electrons. The third-order valence-electron chi connectivity index (χ3n) is 4.80. The van der Waals surface area contributed by atoms with Crippen LogP contribution in [0.15, 0.2) is 66.0 Å². The number of fused-ring (bicyclic) bond motifs is 1. The first-order valence-corrected chi connectivity index (χ1v) is 9.85. The molecule has 4 rings (SSSR count). The van der Waals surface area contributed by atoms with Crippen LogP contribution in [-0.2, 0) is 31.5 Å². The lowest BCUT2D eigenvalue weighted by molar-refractivity contribution is -0.121. The molecule has 1 aromatic carbocycles. The monoisotopic (exact) mass is 418 g/mol. The van der Waals surface area contributed by atoms with Crippen molar-refractivity contribution in [1.29, 1.82) is 0 Å². The Morgan fingerprint density at radius 2 is 2.06 bits per heavy atom. The van der Waals surface area contributed by atoms with E-state index in [0.717, 1.165) is 11.3 Å². The van der Waals surface area contributed by atoms with Crippen molar-refractivity contribution in [3.63, 3.8) is 0 Å². The van der Waals surface area contributed by atoms with Crippen LogP contribution in [0.1, 0.15) is 17.7 Å². The number of nitrogens with one attached hydrogen (secondary N) is 1. The van der Waals surface area contributed by atoms with Gasteiger partial charge in [0.05, 0.1) is 18.2 Å². The standard InChI is InChI=1S/C22H22N6O3/c1-27-21-19(13-26-27)22(30)28(15-25-21)10-8-20(29)24-12-16-5-4-7-18(11-16)31-14-17-6-2-3-9-23-17/h2-7,9,11,13,15H,8,10,12,14H2,1H3,(H,24,29). The molecule has 0 aliphatic rings. The molecule has 0 aliphatic heterocycles. The number of pyridine rings is 1. The van der Waals surface area contributed by atoms with Crippen molar-refractivity contribution in [1.82, 2.24) is 29.6 Å². The van der Waals surface area contributed by atoms with E-state index in [1.165, 1.54) is 17.1 Å². The van der Waals surface area contributed by atoms with Crippen LogP contribution in [0.5, 0.6) is 5.75 Å². The van der Waals surface area contributed by atoms with Gasteiger partial charge in [-0.05, 0) is 29.8 Å². The Labute approximate surface area is 178 Å². The van der Waals surface area contributed by atoms with Crippen LogP contribution >= 0.6 is 0 Å². The summed E-state index contributed by atoms with van der Waals surface area (Å²) < 4.78 is 8.74. The first-order valence-electron chi connectivity index (χ1n) is 9.85. The normalized spacial score (nSPS) is 10.9. The maximum absolute atomic E-state index is 12.5. The molecular formula is C22H22N6O3. The van der Waals surface area contributed by atoms with Crippen LogP contribution in [-0.4, -0.2) is 30.2 Å². The zero-order valence-corrected chi connectivity index (χ0v) is 17.1. The molecule has 0 saturated carbocycles. The summed E-state index contributed by atoms with van der Waals surface area (Å²) in [4.78, 5) is 33.2. The Morgan fingerprint density at radius 1 is 1.16 bits per heavy atom. The molecule has 0 bridgehead atoms. The molecule has 1 amide bonds. The lowest BCUT2D eigenvalue weighted by Gasteiger charge is -2.09. The molecule has 9 heteroatoms. The second kappa shape index (κ2) is 9.21. The summed E-state index contributed by atoms with van der Waals surface area (Å²) >= 11 is 0. The number of amides is 1. The van der Waals surface area contributed by atoms with Gasteiger partial charge in [0.15, 0.2) is 5.65 Å². The molecule has 3 aromatic heterocycles. The van der Waals surface area contributed by atoms with E-state index in [1.54, 1.807) is 17.9 Å². The Bertz CT molecular complexity index is 1250. The quantitative estimate of drug-likeness (QED) is 0.468. The van der Waals surface area contributed by atoms with Crippen LogP contribution in [0.4, 0.5) is 0 Å². The first-order chi connectivity index (χ1) is 15.1. The second-order valence-electron chi connectivity index (χ2n) is 7.03. The molecule has 0 fully saturated rings. The molecule has 0 aliphatic carbocycles. The van der Waals surface area contributed by atoms with Crippen LogP contribution in [0, 0.1) is 0 Å². The van der Waals surface area contributed by atoms with Gasteiger partial charge in [-0.25, -0.2) is 4.98 Å². The summed E-state index contributed by atoms with van der Waals surface area (Å²) in [6.45, 7) is 0.991. The van der Waals surface area contributed by atoms with Crippen molar-refractivity contribution < 1.29 is 9.53 Å². The van der Waals surface area contributed by atoms with Crippen LogP contribution < -0.4 is 15.6 Å². The largest absolute Gasteiger partial charge is 0.487 e. The fourth-order valence-electron chi connectivity index (χ4n) is 3.12. The maximum Gasteiger partial charge on any atom is 0.264 e. The summed E-state index contributed by atoms with van der Waals surface area (Å²) in [7, 11) is 1.73. The van der Waals surface area contributed by atoms with Gasteiger partial charge in [-0.1, -0.05) is 18.2 Å². The topological polar surface area (TPSA) is 104 Å². The fourth-order valence-corrected chi connectivity index (χ4v) is 3.12. The minimum Gasteiger partial charge on any atom is -0.487 e.